The van der Waals surface area contributed by atoms with Crippen molar-refractivity contribution in [3.05, 3.63) is 54.1 Å². The lowest BCUT2D eigenvalue weighted by Gasteiger charge is -2.37. The van der Waals surface area contributed by atoms with Crippen LogP contribution in [-0.4, -0.2) is 50.2 Å². The number of carbonyl (C=O) groups excluding carboxylic acids is 1. The van der Waals surface area contributed by atoms with Gasteiger partial charge in [-0.3, -0.25) is 4.79 Å². The first-order valence-corrected chi connectivity index (χ1v) is 8.98. The third-order valence-electron chi connectivity index (χ3n) is 4.69. The molecule has 1 fully saturated rings. The van der Waals surface area contributed by atoms with Crippen molar-refractivity contribution in [2.45, 2.75) is 20.0 Å². The molecule has 0 aliphatic carbocycles. The first-order chi connectivity index (χ1) is 12.6. The number of rotatable bonds is 5. The molecule has 5 nitrogen and oxygen atoms in total. The van der Waals surface area contributed by atoms with Crippen LogP contribution >= 0.6 is 0 Å². The van der Waals surface area contributed by atoms with Crippen molar-refractivity contribution >= 4 is 11.6 Å². The Kier molecular flexibility index (Phi) is 5.66. The normalized spacial score (nSPS) is 15.5. The van der Waals surface area contributed by atoms with E-state index in [-0.39, 0.29) is 5.91 Å². The molecule has 1 aliphatic rings. The molecule has 0 saturated carbocycles. The van der Waals surface area contributed by atoms with Gasteiger partial charge in [0, 0.05) is 37.9 Å². The standard InChI is InChI=1S/C21H26N2O3/c1-16-7-9-19(10-8-16)26-17(2)21(24)23-13-11-22(12-14-23)18-5-4-6-20(15-18)25-3/h4-10,15,17H,11-14H2,1-3H3/t17-/m1/s1. The number of piperazine rings is 1. The van der Waals surface area contributed by atoms with Gasteiger partial charge in [-0.05, 0) is 38.1 Å². The summed E-state index contributed by atoms with van der Waals surface area (Å²) in [5, 5.41) is 0. The topological polar surface area (TPSA) is 42.0 Å². The number of anilines is 1. The van der Waals surface area contributed by atoms with E-state index < -0.39 is 6.10 Å². The summed E-state index contributed by atoms with van der Waals surface area (Å²) in [5.74, 6) is 1.61. The summed E-state index contributed by atoms with van der Waals surface area (Å²) in [4.78, 5) is 16.8. The highest BCUT2D eigenvalue weighted by atomic mass is 16.5. The van der Waals surface area contributed by atoms with Gasteiger partial charge in [0.05, 0.1) is 7.11 Å². The van der Waals surface area contributed by atoms with E-state index in [1.54, 1.807) is 7.11 Å². The number of nitrogens with zero attached hydrogens (tertiary/aromatic N) is 2. The molecule has 1 amide bonds. The summed E-state index contributed by atoms with van der Waals surface area (Å²) in [6.45, 7) is 6.83. The van der Waals surface area contributed by atoms with Crippen molar-refractivity contribution in [3.63, 3.8) is 0 Å². The molecule has 1 saturated heterocycles. The van der Waals surface area contributed by atoms with Crippen molar-refractivity contribution in [2.75, 3.05) is 38.2 Å². The SMILES string of the molecule is COc1cccc(N2CCN(C(=O)[C@@H](C)Oc3ccc(C)cc3)CC2)c1. The average molecular weight is 354 g/mol. The van der Waals surface area contributed by atoms with Crippen LogP contribution in [0, 0.1) is 6.92 Å². The van der Waals surface area contributed by atoms with Gasteiger partial charge in [-0.2, -0.15) is 0 Å². The van der Waals surface area contributed by atoms with Crippen LogP contribution in [0.1, 0.15) is 12.5 Å². The average Bonchev–Trinajstić information content (AvgIpc) is 2.69. The van der Waals surface area contributed by atoms with Gasteiger partial charge < -0.3 is 19.3 Å². The number of amides is 1. The van der Waals surface area contributed by atoms with Crippen LogP contribution < -0.4 is 14.4 Å². The van der Waals surface area contributed by atoms with Crippen molar-refractivity contribution in [3.8, 4) is 11.5 Å². The van der Waals surface area contributed by atoms with E-state index in [1.165, 1.54) is 5.56 Å². The molecule has 5 heteroatoms. The van der Waals surface area contributed by atoms with Gasteiger partial charge in [0.25, 0.3) is 5.91 Å². The molecule has 0 aromatic heterocycles. The molecule has 1 heterocycles. The van der Waals surface area contributed by atoms with Crippen LogP contribution in [0.4, 0.5) is 5.69 Å². The van der Waals surface area contributed by atoms with E-state index in [4.69, 9.17) is 9.47 Å². The molecule has 2 aromatic carbocycles. The maximum absolute atomic E-state index is 12.7. The fourth-order valence-corrected chi connectivity index (χ4v) is 3.12. The number of hydrogen-bond acceptors (Lipinski definition) is 4. The lowest BCUT2D eigenvalue weighted by molar-refractivity contribution is -0.138. The van der Waals surface area contributed by atoms with Gasteiger partial charge >= 0.3 is 0 Å². The Morgan fingerprint density at radius 1 is 1.00 bits per heavy atom. The molecular formula is C21H26N2O3. The number of carbonyl (C=O) groups is 1. The van der Waals surface area contributed by atoms with E-state index in [0.717, 1.165) is 30.3 Å². The molecule has 0 spiro atoms. The van der Waals surface area contributed by atoms with Crippen molar-refractivity contribution in [1.29, 1.82) is 0 Å². The Bertz CT molecular complexity index is 737. The second kappa shape index (κ2) is 8.13. The zero-order chi connectivity index (χ0) is 18.5. The minimum Gasteiger partial charge on any atom is -0.497 e. The number of methoxy groups -OCH3 is 1. The Morgan fingerprint density at radius 3 is 2.35 bits per heavy atom. The van der Waals surface area contributed by atoms with Crippen molar-refractivity contribution < 1.29 is 14.3 Å². The maximum Gasteiger partial charge on any atom is 0.263 e. The van der Waals surface area contributed by atoms with E-state index in [1.807, 2.05) is 61.2 Å². The van der Waals surface area contributed by atoms with Crippen molar-refractivity contribution in [2.24, 2.45) is 0 Å². The summed E-state index contributed by atoms with van der Waals surface area (Å²) in [6.07, 6.45) is -0.485. The first-order valence-electron chi connectivity index (χ1n) is 8.98. The van der Waals surface area contributed by atoms with E-state index in [2.05, 4.69) is 11.0 Å². The Hall–Kier alpha value is -2.69. The highest BCUT2D eigenvalue weighted by Crippen LogP contribution is 2.22. The van der Waals surface area contributed by atoms with Gasteiger partial charge in [0.2, 0.25) is 0 Å². The fraction of sp³-hybridized carbons (Fsp3) is 0.381. The zero-order valence-electron chi connectivity index (χ0n) is 15.6. The molecule has 0 unspecified atom stereocenters. The van der Waals surface area contributed by atoms with Gasteiger partial charge in [0.15, 0.2) is 6.10 Å². The van der Waals surface area contributed by atoms with Crippen LogP contribution in [0.3, 0.4) is 0 Å². The Labute approximate surface area is 155 Å². The van der Waals surface area contributed by atoms with E-state index in [0.29, 0.717) is 13.1 Å². The molecule has 0 radical (unpaired) electrons. The molecule has 3 rings (SSSR count). The van der Waals surface area contributed by atoms with Crippen LogP contribution in [-0.2, 0) is 4.79 Å². The quantitative estimate of drug-likeness (QED) is 0.827. The molecule has 0 bridgehead atoms. The summed E-state index contributed by atoms with van der Waals surface area (Å²) in [7, 11) is 1.67. The minimum absolute atomic E-state index is 0.0378. The summed E-state index contributed by atoms with van der Waals surface area (Å²) in [6, 6.07) is 15.8. The lowest BCUT2D eigenvalue weighted by atomic mass is 10.2. The third kappa shape index (κ3) is 4.28. The minimum atomic E-state index is -0.485. The summed E-state index contributed by atoms with van der Waals surface area (Å²) >= 11 is 0. The molecule has 0 N–H and O–H groups in total. The number of ether oxygens (including phenoxy) is 2. The fourth-order valence-electron chi connectivity index (χ4n) is 3.12. The van der Waals surface area contributed by atoms with Crippen LogP contribution in [0.15, 0.2) is 48.5 Å². The molecule has 26 heavy (non-hydrogen) atoms. The van der Waals surface area contributed by atoms with Gasteiger partial charge in [-0.25, -0.2) is 0 Å². The first kappa shape index (κ1) is 18.1. The number of hydrogen-bond donors (Lipinski definition) is 0. The highest BCUT2D eigenvalue weighted by Gasteiger charge is 2.26. The zero-order valence-corrected chi connectivity index (χ0v) is 15.6. The molecule has 1 aliphatic heterocycles. The van der Waals surface area contributed by atoms with Crippen LogP contribution in [0.25, 0.3) is 0 Å². The van der Waals surface area contributed by atoms with Gasteiger partial charge in [0.1, 0.15) is 11.5 Å². The third-order valence-corrected chi connectivity index (χ3v) is 4.69. The number of benzene rings is 2. The van der Waals surface area contributed by atoms with Crippen molar-refractivity contribution in [1.82, 2.24) is 4.90 Å². The maximum atomic E-state index is 12.7. The Balaban J connectivity index is 1.55. The predicted octanol–water partition coefficient (Wildman–Crippen LogP) is 3.12. The molecule has 138 valence electrons. The predicted molar refractivity (Wildman–Crippen MR) is 103 cm³/mol. The lowest BCUT2D eigenvalue weighted by Crippen LogP contribution is -2.52. The second-order valence-electron chi connectivity index (χ2n) is 6.59. The van der Waals surface area contributed by atoms with E-state index >= 15 is 0 Å². The number of aryl methyl sites for hydroxylation is 1. The van der Waals surface area contributed by atoms with E-state index in [9.17, 15) is 4.79 Å². The summed E-state index contributed by atoms with van der Waals surface area (Å²) in [5.41, 5.74) is 2.30. The largest absolute Gasteiger partial charge is 0.497 e. The van der Waals surface area contributed by atoms with Crippen LogP contribution in [0.5, 0.6) is 11.5 Å². The molecule has 1 atom stereocenters. The highest BCUT2D eigenvalue weighted by molar-refractivity contribution is 5.81. The smallest absolute Gasteiger partial charge is 0.263 e. The van der Waals surface area contributed by atoms with Crippen LogP contribution in [0.2, 0.25) is 0 Å². The molecular weight excluding hydrogens is 328 g/mol. The summed E-state index contributed by atoms with van der Waals surface area (Å²) < 4.78 is 11.1. The Morgan fingerprint density at radius 2 is 1.69 bits per heavy atom. The monoisotopic (exact) mass is 354 g/mol. The van der Waals surface area contributed by atoms with Gasteiger partial charge in [-0.15, -0.1) is 0 Å². The van der Waals surface area contributed by atoms with Gasteiger partial charge in [-0.1, -0.05) is 23.8 Å². The molecule has 2 aromatic rings. The second-order valence-corrected chi connectivity index (χ2v) is 6.59.